The van der Waals surface area contributed by atoms with Crippen LogP contribution in [0.1, 0.15) is 43.7 Å². The molecule has 3 heteroatoms. The zero-order chi connectivity index (χ0) is 14.5. The molecule has 1 fully saturated rings. The van der Waals surface area contributed by atoms with Crippen molar-refractivity contribution in [3.8, 4) is 0 Å². The summed E-state index contributed by atoms with van der Waals surface area (Å²) in [7, 11) is -0.845. The minimum Gasteiger partial charge on any atom is -0.314 e. The highest BCUT2D eigenvalue weighted by atomic mass is 32.2. The molecule has 3 atom stereocenters. The van der Waals surface area contributed by atoms with Gasteiger partial charge in [-0.3, -0.25) is 4.21 Å². The lowest BCUT2D eigenvalue weighted by Crippen LogP contribution is -2.32. The van der Waals surface area contributed by atoms with Crippen molar-refractivity contribution in [3.05, 3.63) is 29.3 Å². The molecule has 1 aliphatic carbocycles. The van der Waals surface area contributed by atoms with Crippen molar-refractivity contribution in [1.82, 2.24) is 5.32 Å². The van der Waals surface area contributed by atoms with Crippen molar-refractivity contribution in [2.24, 2.45) is 5.92 Å². The average Bonchev–Trinajstić information content (AvgIpc) is 2.87. The van der Waals surface area contributed by atoms with Crippen LogP contribution >= 0.6 is 0 Å². The molecular formula is C17H27NOS. The number of rotatable bonds is 6. The molecule has 0 radical (unpaired) electrons. The van der Waals surface area contributed by atoms with Crippen LogP contribution < -0.4 is 5.32 Å². The Labute approximate surface area is 125 Å². The van der Waals surface area contributed by atoms with Crippen LogP contribution in [-0.4, -0.2) is 22.5 Å². The molecule has 0 spiro atoms. The molecule has 0 amide bonds. The van der Waals surface area contributed by atoms with Gasteiger partial charge in [0.2, 0.25) is 0 Å². The van der Waals surface area contributed by atoms with Crippen molar-refractivity contribution < 1.29 is 4.21 Å². The summed E-state index contributed by atoms with van der Waals surface area (Å²) in [5.41, 5.74) is 2.51. The van der Waals surface area contributed by atoms with Gasteiger partial charge in [0.25, 0.3) is 0 Å². The minimum atomic E-state index is -0.845. The predicted molar refractivity (Wildman–Crippen MR) is 86.6 cm³/mol. The van der Waals surface area contributed by atoms with Crippen LogP contribution in [0.4, 0.5) is 0 Å². The van der Waals surface area contributed by atoms with E-state index in [2.05, 4.69) is 38.2 Å². The molecule has 1 aromatic rings. The molecule has 1 saturated carbocycles. The highest BCUT2D eigenvalue weighted by Gasteiger charge is 2.26. The van der Waals surface area contributed by atoms with E-state index in [0.29, 0.717) is 12.0 Å². The standard InChI is InChI=1S/C17H27NOS/c1-4-18-17-7-5-6-15(17)10-11-20(19)16-9-8-13(2)14(3)12-16/h8-9,12,15,17-18H,4-7,10-11H2,1-3H3. The van der Waals surface area contributed by atoms with E-state index in [-0.39, 0.29) is 0 Å². The maximum Gasteiger partial charge on any atom is 0.0529 e. The lowest BCUT2D eigenvalue weighted by molar-refractivity contribution is 0.399. The van der Waals surface area contributed by atoms with Gasteiger partial charge in [-0.15, -0.1) is 0 Å². The molecule has 1 aliphatic rings. The molecule has 2 rings (SSSR count). The number of nitrogens with one attached hydrogen (secondary N) is 1. The van der Waals surface area contributed by atoms with E-state index in [1.807, 2.05) is 6.07 Å². The molecule has 0 saturated heterocycles. The number of benzene rings is 1. The summed E-state index contributed by atoms with van der Waals surface area (Å²) in [6, 6.07) is 6.84. The second-order valence-electron chi connectivity index (χ2n) is 5.94. The summed E-state index contributed by atoms with van der Waals surface area (Å²) < 4.78 is 12.4. The average molecular weight is 293 g/mol. The zero-order valence-corrected chi connectivity index (χ0v) is 13.8. The fraction of sp³-hybridized carbons (Fsp3) is 0.647. The van der Waals surface area contributed by atoms with Crippen molar-refractivity contribution in [1.29, 1.82) is 0 Å². The van der Waals surface area contributed by atoms with Gasteiger partial charge < -0.3 is 5.32 Å². The van der Waals surface area contributed by atoms with Gasteiger partial charge in [-0.25, -0.2) is 0 Å². The Hall–Kier alpha value is -0.670. The van der Waals surface area contributed by atoms with Gasteiger partial charge in [0.1, 0.15) is 0 Å². The first-order chi connectivity index (χ1) is 9.61. The van der Waals surface area contributed by atoms with Crippen LogP contribution in [-0.2, 0) is 10.8 Å². The van der Waals surface area contributed by atoms with Gasteiger partial charge in [0.15, 0.2) is 0 Å². The molecule has 0 aromatic heterocycles. The molecule has 3 unspecified atom stereocenters. The molecule has 0 heterocycles. The third kappa shape index (κ3) is 3.92. The van der Waals surface area contributed by atoms with E-state index >= 15 is 0 Å². The van der Waals surface area contributed by atoms with E-state index in [0.717, 1.165) is 23.6 Å². The van der Waals surface area contributed by atoms with Crippen molar-refractivity contribution in [2.75, 3.05) is 12.3 Å². The molecule has 112 valence electrons. The molecule has 1 N–H and O–H groups in total. The van der Waals surface area contributed by atoms with Gasteiger partial charge in [0.05, 0.1) is 10.8 Å². The first-order valence-electron chi connectivity index (χ1n) is 7.80. The van der Waals surface area contributed by atoms with Crippen LogP contribution in [0.5, 0.6) is 0 Å². The number of aryl methyl sites for hydroxylation is 2. The fourth-order valence-corrected chi connectivity index (χ4v) is 4.43. The van der Waals surface area contributed by atoms with Gasteiger partial charge in [-0.2, -0.15) is 0 Å². The first-order valence-corrected chi connectivity index (χ1v) is 9.12. The SMILES string of the molecule is CCNC1CCCC1CCS(=O)c1ccc(C)c(C)c1. The topological polar surface area (TPSA) is 29.1 Å². The van der Waals surface area contributed by atoms with Crippen molar-refractivity contribution in [3.63, 3.8) is 0 Å². The molecule has 20 heavy (non-hydrogen) atoms. The summed E-state index contributed by atoms with van der Waals surface area (Å²) in [6.45, 7) is 7.40. The Balaban J connectivity index is 1.90. The summed E-state index contributed by atoms with van der Waals surface area (Å²) in [6.07, 6.45) is 4.98. The Morgan fingerprint density at radius 1 is 1.25 bits per heavy atom. The van der Waals surface area contributed by atoms with Crippen molar-refractivity contribution >= 4 is 10.8 Å². The van der Waals surface area contributed by atoms with E-state index < -0.39 is 10.8 Å². The quantitative estimate of drug-likeness (QED) is 0.868. The zero-order valence-electron chi connectivity index (χ0n) is 12.9. The van der Waals surface area contributed by atoms with Crippen LogP contribution in [0.2, 0.25) is 0 Å². The summed E-state index contributed by atoms with van der Waals surface area (Å²) in [5, 5.41) is 3.58. The highest BCUT2D eigenvalue weighted by Crippen LogP contribution is 2.29. The maximum absolute atomic E-state index is 12.4. The number of hydrogen-bond donors (Lipinski definition) is 1. The van der Waals surface area contributed by atoms with Gasteiger partial charge >= 0.3 is 0 Å². The Kier molecular flexibility index (Phi) is 5.79. The monoisotopic (exact) mass is 293 g/mol. The second-order valence-corrected chi connectivity index (χ2v) is 7.51. The smallest absolute Gasteiger partial charge is 0.0529 e. The molecule has 1 aromatic carbocycles. The third-order valence-corrected chi connectivity index (χ3v) is 5.93. The number of hydrogen-bond acceptors (Lipinski definition) is 2. The second kappa shape index (κ2) is 7.37. The largest absolute Gasteiger partial charge is 0.314 e. The molecular weight excluding hydrogens is 266 g/mol. The lowest BCUT2D eigenvalue weighted by atomic mass is 10.0. The molecule has 2 nitrogen and oxygen atoms in total. The Bertz CT molecular complexity index is 472. The summed E-state index contributed by atoms with van der Waals surface area (Å²) >= 11 is 0. The van der Waals surface area contributed by atoms with E-state index in [9.17, 15) is 4.21 Å². The van der Waals surface area contributed by atoms with Crippen LogP contribution in [0.3, 0.4) is 0 Å². The van der Waals surface area contributed by atoms with E-state index in [1.165, 1.54) is 30.4 Å². The van der Waals surface area contributed by atoms with E-state index in [1.54, 1.807) is 0 Å². The Morgan fingerprint density at radius 2 is 2.05 bits per heavy atom. The summed E-state index contributed by atoms with van der Waals surface area (Å²) in [4.78, 5) is 0.992. The maximum atomic E-state index is 12.4. The Morgan fingerprint density at radius 3 is 2.75 bits per heavy atom. The lowest BCUT2D eigenvalue weighted by Gasteiger charge is -2.20. The molecule has 0 aliphatic heterocycles. The van der Waals surface area contributed by atoms with Gasteiger partial charge in [0, 0.05) is 16.7 Å². The first kappa shape index (κ1) is 15.7. The van der Waals surface area contributed by atoms with E-state index in [4.69, 9.17) is 0 Å². The molecule has 0 bridgehead atoms. The predicted octanol–water partition coefficient (Wildman–Crippen LogP) is 3.58. The highest BCUT2D eigenvalue weighted by molar-refractivity contribution is 7.85. The normalized spacial score (nSPS) is 23.9. The van der Waals surface area contributed by atoms with Gasteiger partial charge in [-0.1, -0.05) is 19.4 Å². The van der Waals surface area contributed by atoms with Crippen LogP contribution in [0.15, 0.2) is 23.1 Å². The van der Waals surface area contributed by atoms with Crippen LogP contribution in [0.25, 0.3) is 0 Å². The minimum absolute atomic E-state index is 0.650. The third-order valence-electron chi connectivity index (χ3n) is 4.54. The fourth-order valence-electron chi connectivity index (χ4n) is 3.15. The van der Waals surface area contributed by atoms with Crippen LogP contribution in [0, 0.1) is 19.8 Å². The summed E-state index contributed by atoms with van der Waals surface area (Å²) in [5.74, 6) is 1.51. The van der Waals surface area contributed by atoms with Gasteiger partial charge in [-0.05, 0) is 68.8 Å². The van der Waals surface area contributed by atoms with Crippen molar-refractivity contribution in [2.45, 2.75) is 57.4 Å².